The molecule has 0 aliphatic rings. The van der Waals surface area contributed by atoms with E-state index in [0.29, 0.717) is 6.42 Å². The molecule has 0 aromatic rings. The predicted octanol–water partition coefficient (Wildman–Crippen LogP) is 1.36. The van der Waals surface area contributed by atoms with Crippen molar-refractivity contribution in [2.75, 3.05) is 14.2 Å². The second kappa shape index (κ2) is 8.82. The monoisotopic (exact) mass is 307 g/mol. The molecule has 0 rings (SSSR count). The SMILES string of the molecule is CC[C@@H](C)[C@@H](C(=O)O)N(C)[N+]([O-])=NOC(C)OC(=O)OC. The summed E-state index contributed by atoms with van der Waals surface area (Å²) in [7, 11) is 2.39. The van der Waals surface area contributed by atoms with E-state index in [9.17, 15) is 14.8 Å². The van der Waals surface area contributed by atoms with Crippen molar-refractivity contribution in [2.24, 2.45) is 11.2 Å². The maximum absolute atomic E-state index is 11.7. The molecule has 0 spiro atoms. The van der Waals surface area contributed by atoms with E-state index in [1.807, 2.05) is 6.92 Å². The number of hydrazine groups is 1. The molecule has 0 heterocycles. The van der Waals surface area contributed by atoms with Crippen LogP contribution in [0.5, 0.6) is 0 Å². The first-order valence-electron chi connectivity index (χ1n) is 6.28. The zero-order valence-electron chi connectivity index (χ0n) is 12.7. The number of carbonyl (C=O) groups is 2. The quantitative estimate of drug-likeness (QED) is 0.234. The van der Waals surface area contributed by atoms with Crippen LogP contribution in [0.25, 0.3) is 0 Å². The highest BCUT2D eigenvalue weighted by Crippen LogP contribution is 2.14. The van der Waals surface area contributed by atoms with Crippen LogP contribution >= 0.6 is 0 Å². The average molecular weight is 307 g/mol. The van der Waals surface area contributed by atoms with Gasteiger partial charge in [-0.15, -0.1) is 5.01 Å². The van der Waals surface area contributed by atoms with E-state index in [2.05, 4.69) is 19.6 Å². The Kier molecular flexibility index (Phi) is 7.87. The van der Waals surface area contributed by atoms with Crippen LogP contribution in [0.2, 0.25) is 0 Å². The molecule has 0 aromatic carbocycles. The molecule has 1 N–H and O–H groups in total. The van der Waals surface area contributed by atoms with E-state index in [4.69, 9.17) is 5.11 Å². The fourth-order valence-corrected chi connectivity index (χ4v) is 1.47. The van der Waals surface area contributed by atoms with Gasteiger partial charge in [0.25, 0.3) is 6.29 Å². The van der Waals surface area contributed by atoms with Crippen molar-refractivity contribution in [3.8, 4) is 0 Å². The van der Waals surface area contributed by atoms with Crippen molar-refractivity contribution in [2.45, 2.75) is 39.5 Å². The number of likely N-dealkylation sites (N-methyl/N-ethyl adjacent to an activating group) is 1. The van der Waals surface area contributed by atoms with Gasteiger partial charge in [-0.05, 0) is 5.92 Å². The van der Waals surface area contributed by atoms with Gasteiger partial charge in [0.1, 0.15) is 0 Å². The lowest BCUT2D eigenvalue weighted by atomic mass is 9.99. The van der Waals surface area contributed by atoms with Crippen molar-refractivity contribution < 1.29 is 34.0 Å². The van der Waals surface area contributed by atoms with Crippen LogP contribution < -0.4 is 0 Å². The minimum absolute atomic E-state index is 0.0118. The molecule has 0 aliphatic carbocycles. The van der Waals surface area contributed by atoms with Crippen LogP contribution in [-0.2, 0) is 19.1 Å². The van der Waals surface area contributed by atoms with E-state index in [1.165, 1.54) is 14.0 Å². The molecule has 0 bridgehead atoms. The molecule has 0 saturated carbocycles. The molecule has 0 aliphatic heterocycles. The lowest BCUT2D eigenvalue weighted by Gasteiger charge is -2.24. The number of carboxylic acids is 1. The molecule has 1 unspecified atom stereocenters. The van der Waals surface area contributed by atoms with Crippen molar-refractivity contribution >= 4 is 12.1 Å². The molecule has 0 aromatic heterocycles. The lowest BCUT2D eigenvalue weighted by Crippen LogP contribution is -2.46. The van der Waals surface area contributed by atoms with Crippen LogP contribution in [-0.4, -0.2) is 53.7 Å². The van der Waals surface area contributed by atoms with Gasteiger partial charge in [0.15, 0.2) is 6.04 Å². The van der Waals surface area contributed by atoms with Gasteiger partial charge in [-0.2, -0.15) is 0 Å². The number of hydrogen-bond donors (Lipinski definition) is 1. The van der Waals surface area contributed by atoms with Crippen LogP contribution in [0.4, 0.5) is 4.79 Å². The summed E-state index contributed by atoms with van der Waals surface area (Å²) in [6, 6.07) is -1.06. The fraction of sp³-hybridized carbons (Fsp3) is 0.818. The van der Waals surface area contributed by atoms with Gasteiger partial charge in [-0.3, -0.25) is 4.84 Å². The zero-order valence-corrected chi connectivity index (χ0v) is 12.7. The summed E-state index contributed by atoms with van der Waals surface area (Å²) in [6.07, 6.45) is -1.58. The average Bonchev–Trinajstić information content (AvgIpc) is 2.43. The largest absolute Gasteiger partial charge is 0.569 e. The second-order valence-electron chi connectivity index (χ2n) is 4.32. The summed E-state index contributed by atoms with van der Waals surface area (Å²) in [4.78, 5) is 26.6. The minimum atomic E-state index is -1.16. The van der Waals surface area contributed by atoms with Gasteiger partial charge in [0, 0.05) is 6.92 Å². The van der Waals surface area contributed by atoms with Gasteiger partial charge in [-0.1, -0.05) is 20.3 Å². The Balaban J connectivity index is 4.73. The highest BCUT2D eigenvalue weighted by molar-refractivity contribution is 5.73. The van der Waals surface area contributed by atoms with Crippen LogP contribution in [0, 0.1) is 11.1 Å². The summed E-state index contributed by atoms with van der Waals surface area (Å²) >= 11 is 0. The molecule has 3 atom stereocenters. The predicted molar refractivity (Wildman–Crippen MR) is 68.7 cm³/mol. The fourth-order valence-electron chi connectivity index (χ4n) is 1.47. The number of carboxylic acid groups (broad SMARTS) is 1. The Morgan fingerprint density at radius 1 is 1.43 bits per heavy atom. The van der Waals surface area contributed by atoms with E-state index in [0.717, 1.165) is 12.1 Å². The Morgan fingerprint density at radius 3 is 2.43 bits per heavy atom. The first kappa shape index (κ1) is 18.7. The summed E-state index contributed by atoms with van der Waals surface area (Å²) in [5, 5.41) is 24.8. The number of rotatable bonds is 8. The van der Waals surface area contributed by atoms with Gasteiger partial charge in [-0.25, -0.2) is 9.59 Å². The van der Waals surface area contributed by atoms with E-state index in [1.54, 1.807) is 6.92 Å². The van der Waals surface area contributed by atoms with Gasteiger partial charge in [0.05, 0.1) is 19.1 Å². The summed E-state index contributed by atoms with van der Waals surface area (Å²) in [5.41, 5.74) is 0. The van der Waals surface area contributed by atoms with Gasteiger partial charge in [0.2, 0.25) is 5.28 Å². The molecule has 0 amide bonds. The third-order valence-corrected chi connectivity index (χ3v) is 2.80. The van der Waals surface area contributed by atoms with Gasteiger partial charge < -0.3 is 19.8 Å². The number of carbonyl (C=O) groups excluding carboxylic acids is 1. The van der Waals surface area contributed by atoms with Crippen molar-refractivity contribution in [3.63, 3.8) is 0 Å². The van der Waals surface area contributed by atoms with Crippen molar-refractivity contribution in [1.29, 1.82) is 0 Å². The molecule has 10 heteroatoms. The van der Waals surface area contributed by atoms with Gasteiger partial charge >= 0.3 is 12.1 Å². The highest BCUT2D eigenvalue weighted by atomic mass is 16.8. The smallest absolute Gasteiger partial charge is 0.511 e. The first-order valence-corrected chi connectivity index (χ1v) is 6.28. The van der Waals surface area contributed by atoms with E-state index < -0.39 is 24.5 Å². The highest BCUT2D eigenvalue weighted by Gasteiger charge is 2.33. The van der Waals surface area contributed by atoms with Crippen LogP contribution in [0.15, 0.2) is 5.28 Å². The lowest BCUT2D eigenvalue weighted by molar-refractivity contribution is -0.713. The molecule has 0 radical (unpaired) electrons. The standard InChI is InChI=1S/C11H21N3O7/c1-6-7(2)9(10(15)16)13(4)14(18)12-21-8(3)20-11(17)19-5/h7-9H,6H2,1-5H3,(H,15,16)/t7-,8?,9+/m1/s1. The molecule has 122 valence electrons. The molecular formula is C11H21N3O7. The van der Waals surface area contributed by atoms with E-state index in [-0.39, 0.29) is 10.9 Å². The summed E-state index contributed by atoms with van der Waals surface area (Å²) < 4.78 is 8.76. The Morgan fingerprint density at radius 2 is 2.00 bits per heavy atom. The van der Waals surface area contributed by atoms with Crippen LogP contribution in [0.1, 0.15) is 27.2 Å². The Bertz CT molecular complexity index is 388. The van der Waals surface area contributed by atoms with E-state index >= 15 is 0 Å². The number of nitrogens with zero attached hydrogens (tertiary/aromatic N) is 3. The topological polar surface area (TPSA) is 124 Å². The normalized spacial score (nSPS) is 15.6. The Labute approximate surface area is 122 Å². The maximum Gasteiger partial charge on any atom is 0.511 e. The number of ether oxygens (including phenoxy) is 2. The zero-order chi connectivity index (χ0) is 16.6. The number of methoxy groups -OCH3 is 1. The second-order valence-corrected chi connectivity index (χ2v) is 4.32. The van der Waals surface area contributed by atoms with Crippen molar-refractivity contribution in [1.82, 2.24) is 5.01 Å². The third kappa shape index (κ3) is 6.15. The summed E-state index contributed by atoms with van der Waals surface area (Å²) in [5.74, 6) is -1.43. The molecule has 10 nitrogen and oxygen atoms in total. The first-order chi connectivity index (χ1) is 9.74. The third-order valence-electron chi connectivity index (χ3n) is 2.80. The molecule has 0 fully saturated rings. The van der Waals surface area contributed by atoms with Crippen LogP contribution in [0.3, 0.4) is 0 Å². The maximum atomic E-state index is 11.7. The Hall–Kier alpha value is -2.26. The number of aliphatic carboxylic acids is 1. The summed E-state index contributed by atoms with van der Waals surface area (Å²) in [6.45, 7) is 4.83. The van der Waals surface area contributed by atoms with Crippen molar-refractivity contribution in [3.05, 3.63) is 5.21 Å². The molecular weight excluding hydrogens is 286 g/mol. The minimum Gasteiger partial charge on any atom is -0.569 e. The molecule has 21 heavy (non-hydrogen) atoms. The number of hydrogen-bond acceptors (Lipinski definition) is 7. The molecule has 0 saturated heterocycles.